The molecule has 1 N–H and O–H groups in total. The van der Waals surface area contributed by atoms with Crippen molar-refractivity contribution in [1.29, 1.82) is 0 Å². The number of rotatable bonds is 5. The second kappa shape index (κ2) is 7.76. The Morgan fingerprint density at radius 3 is 2.65 bits per heavy atom. The molecule has 0 aliphatic carbocycles. The van der Waals surface area contributed by atoms with Gasteiger partial charge in [-0.1, -0.05) is 24.3 Å². The molecule has 23 heavy (non-hydrogen) atoms. The van der Waals surface area contributed by atoms with Crippen molar-refractivity contribution < 1.29 is 19.1 Å². The van der Waals surface area contributed by atoms with Gasteiger partial charge in [0, 0.05) is 26.6 Å². The molecule has 0 saturated carbocycles. The summed E-state index contributed by atoms with van der Waals surface area (Å²) in [6.07, 6.45) is 0.0515. The van der Waals surface area contributed by atoms with Crippen LogP contribution < -0.4 is 5.32 Å². The summed E-state index contributed by atoms with van der Waals surface area (Å²) in [6.45, 7) is 4.35. The van der Waals surface area contributed by atoms with Crippen LogP contribution in [0.15, 0.2) is 24.3 Å². The van der Waals surface area contributed by atoms with Crippen LogP contribution in [-0.2, 0) is 32.1 Å². The van der Waals surface area contributed by atoms with Crippen LogP contribution in [0, 0.1) is 0 Å². The SMILES string of the molecule is CC(=O)NCCC(=O)O[C@@H](C)C(=O)N1CCc2ccccc2C1. The third-order valence-corrected chi connectivity index (χ3v) is 3.80. The molecule has 1 aliphatic heterocycles. The number of hydrogen-bond acceptors (Lipinski definition) is 4. The lowest BCUT2D eigenvalue weighted by Gasteiger charge is -2.30. The number of carbonyl (C=O) groups is 3. The van der Waals surface area contributed by atoms with Gasteiger partial charge in [0.25, 0.3) is 5.91 Å². The van der Waals surface area contributed by atoms with Crippen molar-refractivity contribution in [2.24, 2.45) is 0 Å². The molecule has 124 valence electrons. The summed E-state index contributed by atoms with van der Waals surface area (Å²) in [5, 5.41) is 2.52. The molecule has 1 atom stereocenters. The van der Waals surface area contributed by atoms with Crippen molar-refractivity contribution in [2.75, 3.05) is 13.1 Å². The van der Waals surface area contributed by atoms with E-state index < -0.39 is 12.1 Å². The van der Waals surface area contributed by atoms with Gasteiger partial charge in [-0.2, -0.15) is 0 Å². The van der Waals surface area contributed by atoms with Crippen LogP contribution in [0.4, 0.5) is 0 Å². The van der Waals surface area contributed by atoms with E-state index in [4.69, 9.17) is 4.74 Å². The number of carbonyl (C=O) groups excluding carboxylic acids is 3. The van der Waals surface area contributed by atoms with Gasteiger partial charge >= 0.3 is 5.97 Å². The summed E-state index contributed by atoms with van der Waals surface area (Å²) in [5.41, 5.74) is 2.40. The Balaban J connectivity index is 1.83. The smallest absolute Gasteiger partial charge is 0.308 e. The molecule has 0 aromatic heterocycles. The Morgan fingerprint density at radius 1 is 1.26 bits per heavy atom. The maximum Gasteiger partial charge on any atom is 0.308 e. The molecule has 0 fully saturated rings. The molecule has 1 aliphatic rings. The van der Waals surface area contributed by atoms with Gasteiger partial charge in [0.2, 0.25) is 5.91 Å². The molecule has 2 rings (SSSR count). The van der Waals surface area contributed by atoms with E-state index in [2.05, 4.69) is 11.4 Å². The molecule has 0 unspecified atom stereocenters. The minimum absolute atomic E-state index is 0.0556. The van der Waals surface area contributed by atoms with Crippen molar-refractivity contribution in [3.05, 3.63) is 35.4 Å². The molecule has 0 spiro atoms. The van der Waals surface area contributed by atoms with Crippen LogP contribution >= 0.6 is 0 Å². The Kier molecular flexibility index (Phi) is 5.73. The van der Waals surface area contributed by atoms with Crippen molar-refractivity contribution in [1.82, 2.24) is 10.2 Å². The molecular weight excluding hydrogens is 296 g/mol. The standard InChI is InChI=1S/C17H22N2O4/c1-12(23-16(21)7-9-18-13(2)20)17(22)19-10-8-14-5-3-4-6-15(14)11-19/h3-6,12H,7-11H2,1-2H3,(H,18,20)/t12-/m0/s1. The van der Waals surface area contributed by atoms with E-state index in [-0.39, 0.29) is 24.8 Å². The van der Waals surface area contributed by atoms with Crippen LogP contribution in [0.2, 0.25) is 0 Å². The summed E-state index contributed by atoms with van der Waals surface area (Å²) in [4.78, 5) is 36.5. The van der Waals surface area contributed by atoms with Gasteiger partial charge in [0.1, 0.15) is 0 Å². The maximum absolute atomic E-state index is 12.4. The van der Waals surface area contributed by atoms with Crippen LogP contribution in [0.5, 0.6) is 0 Å². The Bertz CT molecular complexity index is 600. The number of esters is 1. The van der Waals surface area contributed by atoms with Gasteiger partial charge in [0.15, 0.2) is 6.10 Å². The van der Waals surface area contributed by atoms with E-state index in [0.717, 1.165) is 12.0 Å². The molecular formula is C17H22N2O4. The lowest BCUT2D eigenvalue weighted by molar-refractivity contribution is -0.159. The molecule has 1 aromatic rings. The van der Waals surface area contributed by atoms with Crippen LogP contribution in [0.25, 0.3) is 0 Å². The number of fused-ring (bicyclic) bond motifs is 1. The van der Waals surface area contributed by atoms with E-state index >= 15 is 0 Å². The van der Waals surface area contributed by atoms with E-state index in [0.29, 0.717) is 13.1 Å². The summed E-state index contributed by atoms with van der Waals surface area (Å²) in [5.74, 6) is -0.877. The van der Waals surface area contributed by atoms with Gasteiger partial charge in [-0.25, -0.2) is 0 Å². The van der Waals surface area contributed by atoms with E-state index in [9.17, 15) is 14.4 Å². The zero-order valence-electron chi connectivity index (χ0n) is 13.5. The molecule has 6 heteroatoms. The number of hydrogen-bond donors (Lipinski definition) is 1. The minimum atomic E-state index is -0.815. The highest BCUT2D eigenvalue weighted by Crippen LogP contribution is 2.19. The average molecular weight is 318 g/mol. The van der Waals surface area contributed by atoms with Crippen LogP contribution in [0.3, 0.4) is 0 Å². The largest absolute Gasteiger partial charge is 0.452 e. The monoisotopic (exact) mass is 318 g/mol. The van der Waals surface area contributed by atoms with Gasteiger partial charge in [0.05, 0.1) is 6.42 Å². The van der Waals surface area contributed by atoms with Crippen molar-refractivity contribution in [3.63, 3.8) is 0 Å². The van der Waals surface area contributed by atoms with Crippen molar-refractivity contribution >= 4 is 17.8 Å². The quantitative estimate of drug-likeness (QED) is 0.823. The lowest BCUT2D eigenvalue weighted by atomic mass is 9.99. The van der Waals surface area contributed by atoms with Crippen molar-refractivity contribution in [2.45, 2.75) is 39.3 Å². The normalized spacial score (nSPS) is 14.6. The van der Waals surface area contributed by atoms with E-state index in [1.165, 1.54) is 12.5 Å². The molecule has 0 saturated heterocycles. The molecule has 0 bridgehead atoms. The van der Waals surface area contributed by atoms with Gasteiger partial charge < -0.3 is 15.0 Å². The Morgan fingerprint density at radius 2 is 1.96 bits per heavy atom. The summed E-state index contributed by atoms with van der Waals surface area (Å²) in [7, 11) is 0. The number of nitrogens with zero attached hydrogens (tertiary/aromatic N) is 1. The first-order valence-corrected chi connectivity index (χ1v) is 7.77. The zero-order valence-corrected chi connectivity index (χ0v) is 13.5. The fourth-order valence-electron chi connectivity index (χ4n) is 2.59. The fourth-order valence-corrected chi connectivity index (χ4v) is 2.59. The molecule has 1 heterocycles. The van der Waals surface area contributed by atoms with Crippen molar-refractivity contribution in [3.8, 4) is 0 Å². The lowest BCUT2D eigenvalue weighted by Crippen LogP contribution is -2.42. The summed E-state index contributed by atoms with van der Waals surface area (Å²) < 4.78 is 5.15. The molecule has 2 amide bonds. The van der Waals surface area contributed by atoms with E-state index in [1.54, 1.807) is 11.8 Å². The summed E-state index contributed by atoms with van der Waals surface area (Å²) >= 11 is 0. The topological polar surface area (TPSA) is 75.7 Å². The van der Waals surface area contributed by atoms with Crippen LogP contribution in [-0.4, -0.2) is 41.9 Å². The predicted octanol–water partition coefficient (Wildman–Crippen LogP) is 1.03. The second-order valence-electron chi connectivity index (χ2n) is 5.64. The number of nitrogens with one attached hydrogen (secondary N) is 1. The number of ether oxygens (including phenoxy) is 1. The third kappa shape index (κ3) is 4.81. The molecule has 0 radical (unpaired) electrons. The van der Waals surface area contributed by atoms with Gasteiger partial charge in [-0.15, -0.1) is 0 Å². The van der Waals surface area contributed by atoms with E-state index in [1.807, 2.05) is 18.2 Å². The first-order chi connectivity index (χ1) is 11.0. The minimum Gasteiger partial charge on any atom is -0.452 e. The first kappa shape index (κ1) is 17.0. The molecule has 6 nitrogen and oxygen atoms in total. The Hall–Kier alpha value is -2.37. The highest BCUT2D eigenvalue weighted by Gasteiger charge is 2.26. The van der Waals surface area contributed by atoms with Gasteiger partial charge in [-0.3, -0.25) is 14.4 Å². The fraction of sp³-hybridized carbons (Fsp3) is 0.471. The number of benzene rings is 1. The third-order valence-electron chi connectivity index (χ3n) is 3.80. The second-order valence-corrected chi connectivity index (χ2v) is 5.64. The highest BCUT2D eigenvalue weighted by atomic mass is 16.5. The maximum atomic E-state index is 12.4. The predicted molar refractivity (Wildman–Crippen MR) is 84.4 cm³/mol. The average Bonchev–Trinajstić information content (AvgIpc) is 2.53. The zero-order chi connectivity index (χ0) is 16.8. The summed E-state index contributed by atoms with van der Waals surface area (Å²) in [6, 6.07) is 8.04. The Labute approximate surface area is 135 Å². The number of amides is 2. The molecule has 1 aromatic carbocycles. The highest BCUT2D eigenvalue weighted by molar-refractivity contribution is 5.84. The first-order valence-electron chi connectivity index (χ1n) is 7.77. The van der Waals surface area contributed by atoms with Crippen LogP contribution in [0.1, 0.15) is 31.4 Å². The van der Waals surface area contributed by atoms with Gasteiger partial charge in [-0.05, 0) is 24.5 Å².